The summed E-state index contributed by atoms with van der Waals surface area (Å²) in [5.41, 5.74) is 13.2. The lowest BCUT2D eigenvalue weighted by atomic mass is 10.1. The molecular weight excluding hydrogens is 198 g/mol. The van der Waals surface area contributed by atoms with Crippen molar-refractivity contribution in [1.29, 1.82) is 0 Å². The summed E-state index contributed by atoms with van der Waals surface area (Å²) < 4.78 is 0. The zero-order valence-electron chi connectivity index (χ0n) is 9.21. The normalized spacial score (nSPS) is 9.12. The Kier molecular flexibility index (Phi) is 5.84. The van der Waals surface area contributed by atoms with Gasteiger partial charge < -0.3 is 11.5 Å². The van der Waals surface area contributed by atoms with E-state index < -0.39 is 0 Å². The first-order valence-corrected chi connectivity index (χ1v) is 5.20. The van der Waals surface area contributed by atoms with Crippen LogP contribution in [-0.2, 0) is 13.1 Å². The van der Waals surface area contributed by atoms with Gasteiger partial charge >= 0.3 is 0 Å². The van der Waals surface area contributed by atoms with Gasteiger partial charge in [0.1, 0.15) is 0 Å². The molecule has 0 bridgehead atoms. The van der Waals surface area contributed by atoms with Gasteiger partial charge in [-0.1, -0.05) is 30.3 Å². The highest BCUT2D eigenvalue weighted by Crippen LogP contribution is 2.05. The lowest BCUT2D eigenvalue weighted by Crippen LogP contribution is -2.05. The van der Waals surface area contributed by atoms with E-state index in [4.69, 9.17) is 11.5 Å². The largest absolute Gasteiger partial charge is 0.326 e. The fraction of sp³-hybridized carbons (Fsp3) is 0.154. The second-order valence-corrected chi connectivity index (χ2v) is 3.20. The van der Waals surface area contributed by atoms with Gasteiger partial charge in [-0.3, -0.25) is 4.98 Å². The summed E-state index contributed by atoms with van der Waals surface area (Å²) in [5.74, 6) is 0. The van der Waals surface area contributed by atoms with Crippen LogP contribution in [0.5, 0.6) is 0 Å². The summed E-state index contributed by atoms with van der Waals surface area (Å²) in [7, 11) is 0. The van der Waals surface area contributed by atoms with Crippen LogP contribution in [0.1, 0.15) is 11.1 Å². The lowest BCUT2D eigenvalue weighted by Gasteiger charge is -2.02. The Labute approximate surface area is 96.1 Å². The number of rotatable bonds is 2. The van der Waals surface area contributed by atoms with E-state index in [9.17, 15) is 0 Å². The summed E-state index contributed by atoms with van der Waals surface area (Å²) >= 11 is 0. The molecule has 0 aliphatic heterocycles. The van der Waals surface area contributed by atoms with Crippen LogP contribution in [0.4, 0.5) is 0 Å². The standard InChI is InChI=1S/C8H12N2.C5H5N/c9-5-7-3-1-2-4-8(7)6-10;1-2-4-6-5-3-1/h1-4H,5-6,9-10H2;1-5H. The van der Waals surface area contributed by atoms with Crippen LogP contribution in [0.2, 0.25) is 0 Å². The lowest BCUT2D eigenvalue weighted by molar-refractivity contribution is 0.980. The third-order valence-electron chi connectivity index (χ3n) is 2.12. The number of aromatic nitrogens is 1. The molecule has 0 spiro atoms. The topological polar surface area (TPSA) is 64.9 Å². The Hall–Kier alpha value is -1.71. The predicted molar refractivity (Wildman–Crippen MR) is 66.5 cm³/mol. The third-order valence-corrected chi connectivity index (χ3v) is 2.12. The highest BCUT2D eigenvalue weighted by molar-refractivity contribution is 5.26. The molecular formula is C13H17N3. The van der Waals surface area contributed by atoms with Gasteiger partial charge in [0.25, 0.3) is 0 Å². The van der Waals surface area contributed by atoms with Gasteiger partial charge in [0.05, 0.1) is 0 Å². The average Bonchev–Trinajstić information content (AvgIpc) is 2.41. The molecule has 2 rings (SSSR count). The van der Waals surface area contributed by atoms with Crippen molar-refractivity contribution in [2.45, 2.75) is 13.1 Å². The maximum Gasteiger partial charge on any atom is 0.0267 e. The van der Waals surface area contributed by atoms with Gasteiger partial charge in [0, 0.05) is 25.5 Å². The van der Waals surface area contributed by atoms with Crippen molar-refractivity contribution >= 4 is 0 Å². The maximum absolute atomic E-state index is 5.47. The van der Waals surface area contributed by atoms with Gasteiger partial charge in [0.2, 0.25) is 0 Å². The first-order chi connectivity index (χ1) is 7.88. The molecule has 0 atom stereocenters. The fourth-order valence-electron chi connectivity index (χ4n) is 1.27. The molecule has 4 N–H and O–H groups in total. The number of hydrogen-bond donors (Lipinski definition) is 2. The van der Waals surface area contributed by atoms with Crippen molar-refractivity contribution < 1.29 is 0 Å². The van der Waals surface area contributed by atoms with Crippen molar-refractivity contribution in [3.8, 4) is 0 Å². The quantitative estimate of drug-likeness (QED) is 0.801. The van der Waals surface area contributed by atoms with Crippen molar-refractivity contribution in [2.75, 3.05) is 0 Å². The van der Waals surface area contributed by atoms with E-state index in [1.54, 1.807) is 12.4 Å². The van der Waals surface area contributed by atoms with Crippen LogP contribution < -0.4 is 11.5 Å². The Morgan fingerprint density at radius 1 is 0.750 bits per heavy atom. The highest BCUT2D eigenvalue weighted by atomic mass is 14.6. The smallest absolute Gasteiger partial charge is 0.0267 e. The number of benzene rings is 1. The van der Waals surface area contributed by atoms with Crippen LogP contribution >= 0.6 is 0 Å². The van der Waals surface area contributed by atoms with E-state index in [1.165, 1.54) is 0 Å². The molecule has 2 aromatic rings. The summed E-state index contributed by atoms with van der Waals surface area (Å²) in [6.45, 7) is 1.15. The molecule has 0 saturated heterocycles. The zero-order valence-corrected chi connectivity index (χ0v) is 9.21. The molecule has 0 unspecified atom stereocenters. The average molecular weight is 215 g/mol. The fourth-order valence-corrected chi connectivity index (χ4v) is 1.27. The number of hydrogen-bond acceptors (Lipinski definition) is 3. The minimum atomic E-state index is 0.577. The molecule has 0 aliphatic carbocycles. The minimum Gasteiger partial charge on any atom is -0.326 e. The van der Waals surface area contributed by atoms with E-state index >= 15 is 0 Å². The summed E-state index contributed by atoms with van der Waals surface area (Å²) in [5, 5.41) is 0. The summed E-state index contributed by atoms with van der Waals surface area (Å²) in [4.78, 5) is 3.78. The van der Waals surface area contributed by atoms with Crippen molar-refractivity contribution in [2.24, 2.45) is 11.5 Å². The molecule has 3 heteroatoms. The summed E-state index contributed by atoms with van der Waals surface area (Å²) in [6.07, 6.45) is 3.50. The van der Waals surface area contributed by atoms with Gasteiger partial charge in [-0.2, -0.15) is 0 Å². The van der Waals surface area contributed by atoms with E-state index in [1.807, 2.05) is 42.5 Å². The van der Waals surface area contributed by atoms with Crippen molar-refractivity contribution in [1.82, 2.24) is 4.98 Å². The Bertz CT molecular complexity index is 338. The second kappa shape index (κ2) is 7.56. The molecule has 1 aromatic heterocycles. The molecule has 0 fully saturated rings. The first-order valence-electron chi connectivity index (χ1n) is 5.20. The van der Waals surface area contributed by atoms with E-state index in [2.05, 4.69) is 4.98 Å². The number of pyridine rings is 1. The van der Waals surface area contributed by atoms with Crippen molar-refractivity contribution in [3.63, 3.8) is 0 Å². The number of nitrogens with zero attached hydrogens (tertiary/aromatic N) is 1. The van der Waals surface area contributed by atoms with Gasteiger partial charge in [-0.05, 0) is 23.3 Å². The van der Waals surface area contributed by atoms with Crippen LogP contribution in [0.25, 0.3) is 0 Å². The van der Waals surface area contributed by atoms with Crippen LogP contribution in [-0.4, -0.2) is 4.98 Å². The van der Waals surface area contributed by atoms with Crippen LogP contribution in [0.15, 0.2) is 54.9 Å². The van der Waals surface area contributed by atoms with E-state index in [-0.39, 0.29) is 0 Å². The van der Waals surface area contributed by atoms with E-state index in [0.717, 1.165) is 11.1 Å². The van der Waals surface area contributed by atoms with Gasteiger partial charge in [-0.15, -0.1) is 0 Å². The Morgan fingerprint density at radius 3 is 1.50 bits per heavy atom. The summed E-state index contributed by atoms with van der Waals surface area (Å²) in [6, 6.07) is 13.7. The predicted octanol–water partition coefficient (Wildman–Crippen LogP) is 1.69. The molecule has 0 saturated carbocycles. The van der Waals surface area contributed by atoms with Crippen LogP contribution in [0.3, 0.4) is 0 Å². The SMILES string of the molecule is NCc1ccccc1CN.c1ccncc1. The first kappa shape index (κ1) is 12.4. The third kappa shape index (κ3) is 4.21. The minimum absolute atomic E-state index is 0.577. The van der Waals surface area contributed by atoms with Gasteiger partial charge in [-0.25, -0.2) is 0 Å². The molecule has 16 heavy (non-hydrogen) atoms. The van der Waals surface area contributed by atoms with Crippen LogP contribution in [0, 0.1) is 0 Å². The molecule has 0 aliphatic rings. The molecule has 1 heterocycles. The molecule has 0 radical (unpaired) electrons. The van der Waals surface area contributed by atoms with Crippen molar-refractivity contribution in [3.05, 3.63) is 66.0 Å². The Morgan fingerprint density at radius 2 is 1.25 bits per heavy atom. The monoisotopic (exact) mass is 215 g/mol. The molecule has 3 nitrogen and oxygen atoms in total. The molecule has 84 valence electrons. The molecule has 0 amide bonds. The number of nitrogens with two attached hydrogens (primary N) is 2. The van der Waals surface area contributed by atoms with Gasteiger partial charge in [0.15, 0.2) is 0 Å². The maximum atomic E-state index is 5.47. The zero-order chi connectivity index (χ0) is 11.6. The molecule has 1 aromatic carbocycles. The highest BCUT2D eigenvalue weighted by Gasteiger charge is 1.94. The second-order valence-electron chi connectivity index (χ2n) is 3.20. The van der Waals surface area contributed by atoms with E-state index in [0.29, 0.717) is 13.1 Å². The Balaban J connectivity index is 0.000000181.